The van der Waals surface area contributed by atoms with Crippen molar-refractivity contribution in [2.75, 3.05) is 0 Å². The van der Waals surface area contributed by atoms with E-state index in [1.165, 1.54) is 6.07 Å². The number of nitrogens with one attached hydrogen (secondary N) is 1. The van der Waals surface area contributed by atoms with Crippen molar-refractivity contribution in [2.24, 2.45) is 5.41 Å². The highest BCUT2D eigenvalue weighted by atomic mass is 32.2. The standard InChI is InChI=1S/C15H24FNO3S/c1-14(2,3)10-15(4,5)17-21(19,20)13-8-12(16)7-6-11(13)9-18/h6-8,17-18H,9-10H2,1-5H3. The van der Waals surface area contributed by atoms with Crippen LogP contribution in [-0.2, 0) is 16.6 Å². The Balaban J connectivity index is 3.15. The Morgan fingerprint density at radius 1 is 1.19 bits per heavy atom. The van der Waals surface area contributed by atoms with E-state index in [-0.39, 0.29) is 15.9 Å². The van der Waals surface area contributed by atoms with Crippen LogP contribution in [0.4, 0.5) is 4.39 Å². The minimum Gasteiger partial charge on any atom is -0.392 e. The first-order chi connectivity index (χ1) is 9.36. The maximum atomic E-state index is 13.3. The lowest BCUT2D eigenvalue weighted by Gasteiger charge is -2.33. The van der Waals surface area contributed by atoms with E-state index in [0.717, 1.165) is 12.1 Å². The van der Waals surface area contributed by atoms with Crippen LogP contribution in [0, 0.1) is 11.2 Å². The zero-order valence-electron chi connectivity index (χ0n) is 13.2. The van der Waals surface area contributed by atoms with Gasteiger partial charge in [-0.15, -0.1) is 0 Å². The van der Waals surface area contributed by atoms with Crippen LogP contribution in [0.2, 0.25) is 0 Å². The maximum absolute atomic E-state index is 13.3. The fourth-order valence-electron chi connectivity index (χ4n) is 2.69. The average molecular weight is 317 g/mol. The van der Waals surface area contributed by atoms with E-state index in [9.17, 15) is 17.9 Å². The SMILES string of the molecule is CC(C)(C)CC(C)(C)NS(=O)(=O)c1cc(F)ccc1CO. The third kappa shape index (κ3) is 5.37. The monoisotopic (exact) mass is 317 g/mol. The van der Waals surface area contributed by atoms with Crippen molar-refractivity contribution in [1.29, 1.82) is 0 Å². The molecule has 0 fully saturated rings. The Morgan fingerprint density at radius 2 is 1.76 bits per heavy atom. The summed E-state index contributed by atoms with van der Waals surface area (Å²) < 4.78 is 40.9. The molecule has 0 bridgehead atoms. The van der Waals surface area contributed by atoms with Crippen LogP contribution >= 0.6 is 0 Å². The second kappa shape index (κ2) is 6.02. The summed E-state index contributed by atoms with van der Waals surface area (Å²) in [6.07, 6.45) is 0.614. The van der Waals surface area contributed by atoms with E-state index in [4.69, 9.17) is 0 Å². The predicted octanol–water partition coefficient (Wildman–Crippen LogP) is 2.81. The molecular weight excluding hydrogens is 293 g/mol. The lowest BCUT2D eigenvalue weighted by atomic mass is 9.82. The molecule has 0 heterocycles. The average Bonchev–Trinajstić information content (AvgIpc) is 2.23. The topological polar surface area (TPSA) is 66.4 Å². The van der Waals surface area contributed by atoms with E-state index >= 15 is 0 Å². The Hall–Kier alpha value is -0.980. The van der Waals surface area contributed by atoms with Gasteiger partial charge in [-0.25, -0.2) is 17.5 Å². The summed E-state index contributed by atoms with van der Waals surface area (Å²) in [6.45, 7) is 9.16. The fourth-order valence-corrected chi connectivity index (χ4v) is 4.34. The molecule has 1 aromatic carbocycles. The van der Waals surface area contributed by atoms with Gasteiger partial charge in [0, 0.05) is 5.54 Å². The molecule has 120 valence electrons. The van der Waals surface area contributed by atoms with Crippen LogP contribution in [0.25, 0.3) is 0 Å². The summed E-state index contributed by atoms with van der Waals surface area (Å²) >= 11 is 0. The molecule has 2 N–H and O–H groups in total. The molecule has 0 aliphatic rings. The number of aliphatic hydroxyl groups excluding tert-OH is 1. The molecule has 0 unspecified atom stereocenters. The summed E-state index contributed by atoms with van der Waals surface area (Å²) in [7, 11) is -3.91. The van der Waals surface area contributed by atoms with Crippen molar-refractivity contribution >= 4 is 10.0 Å². The molecule has 1 rings (SSSR count). The highest BCUT2D eigenvalue weighted by Gasteiger charge is 2.31. The molecule has 0 saturated carbocycles. The van der Waals surface area contributed by atoms with Crippen LogP contribution in [0.5, 0.6) is 0 Å². The fraction of sp³-hybridized carbons (Fsp3) is 0.600. The summed E-state index contributed by atoms with van der Waals surface area (Å²) in [5.41, 5.74) is -0.570. The van der Waals surface area contributed by atoms with E-state index < -0.39 is 28.0 Å². The molecule has 0 radical (unpaired) electrons. The smallest absolute Gasteiger partial charge is 0.241 e. The molecule has 1 aromatic rings. The van der Waals surface area contributed by atoms with Gasteiger partial charge < -0.3 is 5.11 Å². The van der Waals surface area contributed by atoms with E-state index in [1.807, 2.05) is 20.8 Å². The van der Waals surface area contributed by atoms with Crippen molar-refractivity contribution in [3.05, 3.63) is 29.6 Å². The number of aliphatic hydroxyl groups is 1. The zero-order chi connectivity index (χ0) is 16.5. The van der Waals surface area contributed by atoms with E-state index in [0.29, 0.717) is 6.42 Å². The summed E-state index contributed by atoms with van der Waals surface area (Å²) in [5.74, 6) is -0.652. The molecule has 0 aromatic heterocycles. The highest BCUT2D eigenvalue weighted by Crippen LogP contribution is 2.29. The second-order valence-corrected chi connectivity index (χ2v) is 8.79. The van der Waals surface area contributed by atoms with Gasteiger partial charge in [-0.05, 0) is 43.4 Å². The van der Waals surface area contributed by atoms with Crippen molar-refractivity contribution in [2.45, 2.75) is 58.1 Å². The van der Waals surface area contributed by atoms with E-state index in [2.05, 4.69) is 4.72 Å². The van der Waals surface area contributed by atoms with Gasteiger partial charge in [-0.1, -0.05) is 26.8 Å². The first-order valence-corrected chi connectivity index (χ1v) is 8.28. The second-order valence-electron chi connectivity index (χ2n) is 7.14. The summed E-state index contributed by atoms with van der Waals surface area (Å²) in [4.78, 5) is -0.216. The molecule has 0 atom stereocenters. The van der Waals surface area contributed by atoms with E-state index in [1.54, 1.807) is 13.8 Å². The number of hydrogen-bond acceptors (Lipinski definition) is 3. The molecule has 0 aliphatic heterocycles. The Bertz CT molecular complexity index is 604. The zero-order valence-corrected chi connectivity index (χ0v) is 14.0. The van der Waals surface area contributed by atoms with Gasteiger partial charge >= 0.3 is 0 Å². The van der Waals surface area contributed by atoms with Gasteiger partial charge in [0.05, 0.1) is 11.5 Å². The largest absolute Gasteiger partial charge is 0.392 e. The van der Waals surface area contributed by atoms with Gasteiger partial charge in [0.15, 0.2) is 0 Å². The number of hydrogen-bond donors (Lipinski definition) is 2. The molecule has 21 heavy (non-hydrogen) atoms. The number of sulfonamides is 1. The lowest BCUT2D eigenvalue weighted by molar-refractivity contribution is 0.267. The Kier molecular flexibility index (Phi) is 5.18. The van der Waals surface area contributed by atoms with Gasteiger partial charge in [-0.2, -0.15) is 0 Å². The molecule has 6 heteroatoms. The van der Waals surface area contributed by atoms with Crippen LogP contribution < -0.4 is 4.72 Å². The molecule has 0 amide bonds. The highest BCUT2D eigenvalue weighted by molar-refractivity contribution is 7.89. The van der Waals surface area contributed by atoms with Gasteiger partial charge in [0.1, 0.15) is 5.82 Å². The molecule has 0 spiro atoms. The van der Waals surface area contributed by atoms with Gasteiger partial charge in [-0.3, -0.25) is 0 Å². The van der Waals surface area contributed by atoms with Crippen LogP contribution in [0.15, 0.2) is 23.1 Å². The van der Waals surface area contributed by atoms with Gasteiger partial charge in [0.2, 0.25) is 10.0 Å². The van der Waals surface area contributed by atoms with Crippen molar-refractivity contribution in [3.8, 4) is 0 Å². The van der Waals surface area contributed by atoms with Crippen LogP contribution in [0.3, 0.4) is 0 Å². The molecular formula is C15H24FNO3S. The summed E-state index contributed by atoms with van der Waals surface area (Å²) in [5, 5.41) is 9.24. The summed E-state index contributed by atoms with van der Waals surface area (Å²) in [6, 6.07) is 3.34. The molecule has 0 saturated heterocycles. The Morgan fingerprint density at radius 3 is 2.24 bits per heavy atom. The van der Waals surface area contributed by atoms with Crippen molar-refractivity contribution in [3.63, 3.8) is 0 Å². The lowest BCUT2D eigenvalue weighted by Crippen LogP contribution is -2.45. The van der Waals surface area contributed by atoms with Crippen LogP contribution in [0.1, 0.15) is 46.6 Å². The Labute approximate surface area is 126 Å². The predicted molar refractivity (Wildman–Crippen MR) is 80.8 cm³/mol. The van der Waals surface area contributed by atoms with Crippen LogP contribution in [-0.4, -0.2) is 19.1 Å². The normalized spacial score (nSPS) is 13.5. The minimum absolute atomic E-state index is 0.0617. The molecule has 4 nitrogen and oxygen atoms in total. The third-order valence-electron chi connectivity index (χ3n) is 2.87. The van der Waals surface area contributed by atoms with Crippen molar-refractivity contribution < 1.29 is 17.9 Å². The number of halogens is 1. The number of benzene rings is 1. The third-order valence-corrected chi connectivity index (χ3v) is 4.65. The minimum atomic E-state index is -3.91. The van der Waals surface area contributed by atoms with Crippen molar-refractivity contribution in [1.82, 2.24) is 4.72 Å². The quantitative estimate of drug-likeness (QED) is 0.877. The first-order valence-electron chi connectivity index (χ1n) is 6.80. The molecule has 0 aliphatic carbocycles. The van der Waals surface area contributed by atoms with Gasteiger partial charge in [0.25, 0.3) is 0 Å². The number of rotatable bonds is 5. The first kappa shape index (κ1) is 18.1. The maximum Gasteiger partial charge on any atom is 0.241 e.